The van der Waals surface area contributed by atoms with Gasteiger partial charge in [-0.1, -0.05) is 42.5 Å². The van der Waals surface area contributed by atoms with Gasteiger partial charge >= 0.3 is 12.0 Å². The second-order valence-electron chi connectivity index (χ2n) is 9.57. The molecule has 0 aliphatic heterocycles. The van der Waals surface area contributed by atoms with Crippen molar-refractivity contribution in [3.05, 3.63) is 48.0 Å². The largest absolute Gasteiger partial charge is 0.480 e. The van der Waals surface area contributed by atoms with Gasteiger partial charge in [0, 0.05) is 12.0 Å². The Bertz CT molecular complexity index is 919. The Hall–Kier alpha value is -2.56. The minimum Gasteiger partial charge on any atom is -0.480 e. The number of carboxylic acid groups (broad SMARTS) is 1. The van der Waals surface area contributed by atoms with Gasteiger partial charge in [-0.2, -0.15) is 0 Å². The van der Waals surface area contributed by atoms with E-state index < -0.39 is 12.0 Å². The Morgan fingerprint density at radius 3 is 2.21 bits per heavy atom. The first kappa shape index (κ1) is 18.5. The lowest BCUT2D eigenvalue weighted by Crippen LogP contribution is -2.62. The monoisotopic (exact) mass is 392 g/mol. The molecule has 152 valence electrons. The van der Waals surface area contributed by atoms with Crippen molar-refractivity contribution in [1.29, 1.82) is 0 Å². The van der Waals surface area contributed by atoms with E-state index in [2.05, 4.69) is 10.6 Å². The van der Waals surface area contributed by atoms with Gasteiger partial charge in [-0.15, -0.1) is 0 Å². The molecule has 2 amide bonds. The number of benzene rings is 2. The first-order valence-corrected chi connectivity index (χ1v) is 10.8. The number of carbonyl (C=O) groups is 2. The minimum atomic E-state index is -1.00. The van der Waals surface area contributed by atoms with Crippen LogP contribution in [0.2, 0.25) is 0 Å². The number of hydrogen-bond donors (Lipinski definition) is 3. The molecule has 2 aromatic rings. The number of carbonyl (C=O) groups excluding carboxylic acids is 1. The first-order valence-electron chi connectivity index (χ1n) is 10.8. The van der Waals surface area contributed by atoms with Crippen LogP contribution < -0.4 is 10.6 Å². The number of hydrogen-bond acceptors (Lipinski definition) is 2. The molecule has 2 aromatic carbocycles. The third-order valence-corrected chi connectivity index (χ3v) is 7.27. The second kappa shape index (κ2) is 7.05. The van der Waals surface area contributed by atoms with E-state index in [4.69, 9.17) is 0 Å². The lowest BCUT2D eigenvalue weighted by molar-refractivity contribution is -0.139. The van der Waals surface area contributed by atoms with Crippen LogP contribution in [0, 0.1) is 17.8 Å². The summed E-state index contributed by atoms with van der Waals surface area (Å²) in [5, 5.41) is 17.8. The molecule has 4 bridgehead atoms. The lowest BCUT2D eigenvalue weighted by atomic mass is 9.53. The lowest BCUT2D eigenvalue weighted by Gasteiger charge is -2.56. The minimum absolute atomic E-state index is 0.120. The smallest absolute Gasteiger partial charge is 0.326 e. The number of fused-ring (bicyclic) bond motifs is 1. The van der Waals surface area contributed by atoms with Crippen LogP contribution in [0.3, 0.4) is 0 Å². The summed E-state index contributed by atoms with van der Waals surface area (Å²) < 4.78 is 0. The Labute approximate surface area is 170 Å². The topological polar surface area (TPSA) is 78.4 Å². The van der Waals surface area contributed by atoms with Crippen LogP contribution in [-0.4, -0.2) is 28.7 Å². The summed E-state index contributed by atoms with van der Waals surface area (Å²) in [5.41, 5.74) is 0.788. The van der Waals surface area contributed by atoms with Crippen molar-refractivity contribution >= 4 is 22.8 Å². The van der Waals surface area contributed by atoms with Crippen LogP contribution in [0.25, 0.3) is 10.8 Å². The van der Waals surface area contributed by atoms with Gasteiger partial charge in [0.15, 0.2) is 0 Å². The summed E-state index contributed by atoms with van der Waals surface area (Å²) in [6.45, 7) is 0. The number of urea groups is 1. The maximum atomic E-state index is 12.8. The van der Waals surface area contributed by atoms with Crippen LogP contribution in [0.15, 0.2) is 42.5 Å². The molecular formula is C24H28N2O3. The van der Waals surface area contributed by atoms with Gasteiger partial charge in [-0.3, -0.25) is 0 Å². The molecule has 5 nitrogen and oxygen atoms in total. The summed E-state index contributed by atoms with van der Waals surface area (Å²) in [7, 11) is 0. The molecule has 4 aliphatic carbocycles. The van der Waals surface area contributed by atoms with E-state index in [0.717, 1.165) is 53.4 Å². The third-order valence-electron chi connectivity index (χ3n) is 7.27. The normalized spacial score (nSPS) is 30.8. The summed E-state index contributed by atoms with van der Waals surface area (Å²) in [5.74, 6) is 1.19. The molecule has 4 saturated carbocycles. The van der Waals surface area contributed by atoms with E-state index in [9.17, 15) is 14.7 Å². The standard InChI is InChI=1S/C24H28N2O3/c27-22(28)21(11-15-5-6-19-3-1-2-4-20(19)10-15)25-23(29)26-24-12-16-7-17(13-24)9-18(8-16)14-24/h1-6,10,16-18,21H,7-9,11-14H2,(H,27,28)(H2,25,26,29). The van der Waals surface area contributed by atoms with Crippen molar-refractivity contribution < 1.29 is 14.7 Å². The predicted molar refractivity (Wildman–Crippen MR) is 112 cm³/mol. The van der Waals surface area contributed by atoms with E-state index in [1.54, 1.807) is 0 Å². The molecular weight excluding hydrogens is 364 g/mol. The van der Waals surface area contributed by atoms with Crippen molar-refractivity contribution in [3.8, 4) is 0 Å². The molecule has 1 unspecified atom stereocenters. The van der Waals surface area contributed by atoms with Gasteiger partial charge < -0.3 is 15.7 Å². The number of nitrogens with one attached hydrogen (secondary N) is 2. The molecule has 4 fully saturated rings. The van der Waals surface area contributed by atoms with Crippen molar-refractivity contribution in [2.75, 3.05) is 0 Å². The van der Waals surface area contributed by atoms with Crippen LogP contribution in [0.5, 0.6) is 0 Å². The van der Waals surface area contributed by atoms with Gasteiger partial charge in [0.2, 0.25) is 0 Å². The molecule has 5 heteroatoms. The van der Waals surface area contributed by atoms with Crippen LogP contribution in [0.4, 0.5) is 4.79 Å². The summed E-state index contributed by atoms with van der Waals surface area (Å²) in [6.07, 6.45) is 7.35. The molecule has 6 rings (SSSR count). The van der Waals surface area contributed by atoms with Gasteiger partial charge in [-0.25, -0.2) is 9.59 Å². The number of rotatable bonds is 5. The van der Waals surface area contributed by atoms with Gasteiger partial charge in [-0.05, 0) is 72.6 Å². The Balaban J connectivity index is 1.26. The molecule has 0 radical (unpaired) electrons. The number of aliphatic carboxylic acids is 1. The zero-order valence-corrected chi connectivity index (χ0v) is 16.6. The number of amides is 2. The van der Waals surface area contributed by atoms with Gasteiger partial charge in [0.25, 0.3) is 0 Å². The van der Waals surface area contributed by atoms with E-state index in [1.165, 1.54) is 19.3 Å². The molecule has 0 heterocycles. The predicted octanol–water partition coefficient (Wildman–Crippen LogP) is 4.10. The molecule has 3 N–H and O–H groups in total. The summed E-state index contributed by atoms with van der Waals surface area (Å²) in [6, 6.07) is 12.7. The van der Waals surface area contributed by atoms with Gasteiger partial charge in [0.1, 0.15) is 6.04 Å². The number of carboxylic acids is 1. The van der Waals surface area contributed by atoms with E-state index in [1.807, 2.05) is 42.5 Å². The van der Waals surface area contributed by atoms with Crippen molar-refractivity contribution in [2.24, 2.45) is 17.8 Å². The van der Waals surface area contributed by atoms with Gasteiger partial charge in [0.05, 0.1) is 0 Å². The third kappa shape index (κ3) is 3.70. The fourth-order valence-corrected chi connectivity index (χ4v) is 6.50. The molecule has 0 spiro atoms. The zero-order chi connectivity index (χ0) is 20.0. The highest BCUT2D eigenvalue weighted by molar-refractivity contribution is 5.85. The van der Waals surface area contributed by atoms with Crippen molar-refractivity contribution in [2.45, 2.75) is 56.5 Å². The highest BCUT2D eigenvalue weighted by Gasteiger charge is 2.51. The van der Waals surface area contributed by atoms with Crippen molar-refractivity contribution in [3.63, 3.8) is 0 Å². The Kier molecular flexibility index (Phi) is 4.49. The quantitative estimate of drug-likeness (QED) is 0.717. The molecule has 0 aromatic heterocycles. The van der Waals surface area contributed by atoms with Crippen molar-refractivity contribution in [1.82, 2.24) is 10.6 Å². The Morgan fingerprint density at radius 1 is 0.966 bits per heavy atom. The van der Waals surface area contributed by atoms with E-state index >= 15 is 0 Å². The zero-order valence-electron chi connectivity index (χ0n) is 16.6. The Morgan fingerprint density at radius 2 is 1.59 bits per heavy atom. The van der Waals surface area contributed by atoms with Crippen LogP contribution in [0.1, 0.15) is 44.1 Å². The fourth-order valence-electron chi connectivity index (χ4n) is 6.50. The summed E-state index contributed by atoms with van der Waals surface area (Å²) in [4.78, 5) is 24.6. The SMILES string of the molecule is O=C(NC(Cc1ccc2ccccc2c1)C(=O)O)NC12CC3CC(CC(C3)C1)C2. The average molecular weight is 392 g/mol. The summed E-state index contributed by atoms with van der Waals surface area (Å²) >= 11 is 0. The van der Waals surface area contributed by atoms with Crippen LogP contribution >= 0.6 is 0 Å². The molecule has 0 saturated heterocycles. The second-order valence-corrected chi connectivity index (χ2v) is 9.57. The highest BCUT2D eigenvalue weighted by atomic mass is 16.4. The molecule has 1 atom stereocenters. The molecule has 4 aliphatic rings. The molecule has 29 heavy (non-hydrogen) atoms. The van der Waals surface area contributed by atoms with E-state index in [-0.39, 0.29) is 18.0 Å². The fraction of sp³-hybridized carbons (Fsp3) is 0.500. The first-order chi connectivity index (χ1) is 14.0. The van der Waals surface area contributed by atoms with E-state index in [0.29, 0.717) is 0 Å². The van der Waals surface area contributed by atoms with Crippen LogP contribution in [-0.2, 0) is 11.2 Å². The highest BCUT2D eigenvalue weighted by Crippen LogP contribution is 2.55. The maximum absolute atomic E-state index is 12.8. The maximum Gasteiger partial charge on any atom is 0.326 e. The average Bonchev–Trinajstić information content (AvgIpc) is 2.65.